The first-order chi connectivity index (χ1) is 36.7. The van der Waals surface area contributed by atoms with Gasteiger partial charge in [-0.1, -0.05) is 185 Å². The lowest BCUT2D eigenvalue weighted by Gasteiger charge is -2.30. The predicted octanol–water partition coefficient (Wildman–Crippen LogP) is 19.7. The minimum atomic E-state index is -0.147. The van der Waals surface area contributed by atoms with Crippen LogP contribution in [0.15, 0.2) is 261 Å². The van der Waals surface area contributed by atoms with E-state index in [9.17, 15) is 0 Å². The molecule has 1 heterocycles. The highest BCUT2D eigenvalue weighted by Gasteiger charge is 2.37. The summed E-state index contributed by atoms with van der Waals surface area (Å²) in [6.07, 6.45) is 0. The molecule has 0 amide bonds. The maximum Gasteiger partial charge on any atom is 0.0541 e. The average Bonchev–Trinajstić information content (AvgIpc) is 4.00. The van der Waals surface area contributed by atoms with E-state index in [0.29, 0.717) is 0 Å². The minimum Gasteiger partial charge on any atom is -0.310 e. The number of hydrogen-bond donors (Lipinski definition) is 0. The van der Waals surface area contributed by atoms with Gasteiger partial charge in [-0.05, 0) is 170 Å². The number of aromatic nitrogens is 1. The maximum atomic E-state index is 2.43. The predicted molar refractivity (Wildman–Crippen MR) is 316 cm³/mol. The average molecular weight is 962 g/mol. The Morgan fingerprint density at radius 3 is 1.17 bits per heavy atom. The molecule has 2 aliphatic rings. The first kappa shape index (κ1) is 44.5. The third-order valence-electron chi connectivity index (χ3n) is 16.4. The molecule has 0 saturated heterocycles. The molecule has 11 aromatic carbocycles. The Labute approximate surface area is 439 Å². The standard InChI is InChI=1S/C72H55N3/c1-71(2)65-24-14-11-21-59(65)61-42-40-57(46-67(61)71)73(53-32-27-49(28-33-53)48-17-7-5-8-18-48)55-36-38-56(39-37-55)74(58-41-43-62-60-22-12-15-25-66(60)72(3,4)68(62)47-58)54-34-29-50(30-35-54)51-31-44-70-64(45-51)63-23-13-16-26-69(63)75(70)52-19-9-6-10-20-52/h5-47H,1-4H3. The Morgan fingerprint density at radius 2 is 0.640 bits per heavy atom. The molecule has 3 nitrogen and oxygen atoms in total. The second kappa shape index (κ2) is 17.2. The lowest BCUT2D eigenvalue weighted by molar-refractivity contribution is 0.660. The highest BCUT2D eigenvalue weighted by atomic mass is 15.2. The summed E-state index contributed by atoms with van der Waals surface area (Å²) in [4.78, 5) is 4.85. The first-order valence-corrected chi connectivity index (χ1v) is 26.2. The third kappa shape index (κ3) is 7.17. The van der Waals surface area contributed by atoms with E-state index in [4.69, 9.17) is 0 Å². The van der Waals surface area contributed by atoms with Crippen LogP contribution in [0.25, 0.3) is 72.0 Å². The van der Waals surface area contributed by atoms with Gasteiger partial charge in [-0.15, -0.1) is 0 Å². The van der Waals surface area contributed by atoms with Gasteiger partial charge in [0.1, 0.15) is 0 Å². The molecule has 3 heteroatoms. The largest absolute Gasteiger partial charge is 0.310 e. The molecular weight excluding hydrogens is 907 g/mol. The fourth-order valence-electron chi connectivity index (χ4n) is 12.6. The second-order valence-electron chi connectivity index (χ2n) is 21.4. The summed E-state index contributed by atoms with van der Waals surface area (Å²) >= 11 is 0. The van der Waals surface area contributed by atoms with Crippen LogP contribution in [0.5, 0.6) is 0 Å². The SMILES string of the molecule is CC1(C)c2ccccc2-c2ccc(N(c3ccc(-c4ccccc4)cc3)c3ccc(N(c4ccc(-c5ccc6c(c5)c5ccccc5n6-c5ccccc5)cc4)c4ccc5c(c4)C(C)(C)c4ccccc4-5)cc3)cc21. The molecule has 0 fully saturated rings. The van der Waals surface area contributed by atoms with Crippen LogP contribution in [0.3, 0.4) is 0 Å². The molecule has 0 N–H and O–H groups in total. The van der Waals surface area contributed by atoms with Crippen LogP contribution in [0.2, 0.25) is 0 Å². The summed E-state index contributed by atoms with van der Waals surface area (Å²) in [5, 5.41) is 2.49. The molecule has 0 unspecified atom stereocenters. The molecule has 0 radical (unpaired) electrons. The van der Waals surface area contributed by atoms with E-state index in [-0.39, 0.29) is 10.8 Å². The van der Waals surface area contributed by atoms with E-state index < -0.39 is 0 Å². The van der Waals surface area contributed by atoms with Gasteiger partial charge >= 0.3 is 0 Å². The summed E-state index contributed by atoms with van der Waals surface area (Å²) in [5.41, 5.74) is 25.4. The van der Waals surface area contributed by atoms with Gasteiger partial charge in [0.15, 0.2) is 0 Å². The lowest BCUT2D eigenvalue weighted by Crippen LogP contribution is -2.17. The van der Waals surface area contributed by atoms with Crippen molar-refractivity contribution >= 4 is 55.9 Å². The van der Waals surface area contributed by atoms with Gasteiger partial charge in [-0.2, -0.15) is 0 Å². The molecule has 75 heavy (non-hydrogen) atoms. The zero-order valence-corrected chi connectivity index (χ0v) is 42.7. The van der Waals surface area contributed by atoms with E-state index in [1.165, 1.54) is 88.6 Å². The van der Waals surface area contributed by atoms with Crippen LogP contribution in [0.4, 0.5) is 34.1 Å². The van der Waals surface area contributed by atoms with E-state index in [1.807, 2.05) is 0 Å². The summed E-state index contributed by atoms with van der Waals surface area (Å²) in [6, 6.07) is 96.3. The monoisotopic (exact) mass is 961 g/mol. The summed E-state index contributed by atoms with van der Waals surface area (Å²) < 4.78 is 2.38. The number of hydrogen-bond acceptors (Lipinski definition) is 2. The summed E-state index contributed by atoms with van der Waals surface area (Å²) in [6.45, 7) is 9.45. The molecule has 0 saturated carbocycles. The number of rotatable bonds is 9. The smallest absolute Gasteiger partial charge is 0.0541 e. The third-order valence-corrected chi connectivity index (χ3v) is 16.4. The van der Waals surface area contributed by atoms with Gasteiger partial charge in [0, 0.05) is 61.4 Å². The molecule has 358 valence electrons. The highest BCUT2D eigenvalue weighted by Crippen LogP contribution is 2.53. The van der Waals surface area contributed by atoms with Gasteiger partial charge in [0.05, 0.1) is 11.0 Å². The Balaban J connectivity index is 0.877. The van der Waals surface area contributed by atoms with Crippen molar-refractivity contribution in [1.82, 2.24) is 4.57 Å². The Morgan fingerprint density at radius 1 is 0.267 bits per heavy atom. The highest BCUT2D eigenvalue weighted by molar-refractivity contribution is 6.10. The van der Waals surface area contributed by atoms with E-state index in [1.54, 1.807) is 0 Å². The minimum absolute atomic E-state index is 0.133. The van der Waals surface area contributed by atoms with E-state index >= 15 is 0 Å². The van der Waals surface area contributed by atoms with Crippen molar-refractivity contribution in [1.29, 1.82) is 0 Å². The zero-order chi connectivity index (χ0) is 50.4. The fraction of sp³-hybridized carbons (Fsp3) is 0.0833. The number of benzene rings is 11. The summed E-state index contributed by atoms with van der Waals surface area (Å²) in [7, 11) is 0. The Hall–Kier alpha value is -9.18. The van der Waals surface area contributed by atoms with Crippen LogP contribution in [-0.4, -0.2) is 4.57 Å². The van der Waals surface area contributed by atoms with Crippen LogP contribution in [0.1, 0.15) is 49.9 Å². The quantitative estimate of drug-likeness (QED) is 0.143. The molecule has 0 atom stereocenters. The molecule has 0 bridgehead atoms. The van der Waals surface area contributed by atoms with Gasteiger partial charge in [-0.25, -0.2) is 0 Å². The maximum absolute atomic E-state index is 2.43. The molecular formula is C72H55N3. The van der Waals surface area contributed by atoms with Crippen molar-refractivity contribution in [3.05, 3.63) is 283 Å². The molecule has 0 spiro atoms. The topological polar surface area (TPSA) is 11.4 Å². The van der Waals surface area contributed by atoms with Crippen molar-refractivity contribution in [3.63, 3.8) is 0 Å². The second-order valence-corrected chi connectivity index (χ2v) is 21.4. The molecule has 14 rings (SSSR count). The number of nitrogens with zero attached hydrogens (tertiary/aromatic N) is 3. The Kier molecular flexibility index (Phi) is 10.2. The van der Waals surface area contributed by atoms with Gasteiger partial charge in [-0.3, -0.25) is 0 Å². The number of anilines is 6. The first-order valence-electron chi connectivity index (χ1n) is 26.2. The van der Waals surface area contributed by atoms with Crippen molar-refractivity contribution in [3.8, 4) is 50.2 Å². The lowest BCUT2D eigenvalue weighted by atomic mass is 9.82. The Bertz CT molecular complexity index is 4150. The van der Waals surface area contributed by atoms with Crippen molar-refractivity contribution in [2.75, 3.05) is 9.80 Å². The van der Waals surface area contributed by atoms with Crippen molar-refractivity contribution in [2.24, 2.45) is 0 Å². The zero-order valence-electron chi connectivity index (χ0n) is 42.7. The number of para-hydroxylation sites is 2. The van der Waals surface area contributed by atoms with E-state index in [2.05, 4.69) is 303 Å². The number of fused-ring (bicyclic) bond motifs is 9. The van der Waals surface area contributed by atoms with Gasteiger partial charge in [0.2, 0.25) is 0 Å². The van der Waals surface area contributed by atoms with Crippen molar-refractivity contribution in [2.45, 2.75) is 38.5 Å². The molecule has 1 aromatic heterocycles. The van der Waals surface area contributed by atoms with Crippen LogP contribution >= 0.6 is 0 Å². The van der Waals surface area contributed by atoms with Gasteiger partial charge < -0.3 is 14.4 Å². The molecule has 2 aliphatic carbocycles. The van der Waals surface area contributed by atoms with Crippen molar-refractivity contribution < 1.29 is 0 Å². The molecule has 0 aliphatic heterocycles. The van der Waals surface area contributed by atoms with Crippen LogP contribution < -0.4 is 9.80 Å². The normalized spacial score (nSPS) is 13.5. The van der Waals surface area contributed by atoms with Crippen LogP contribution in [0, 0.1) is 0 Å². The van der Waals surface area contributed by atoms with E-state index in [0.717, 1.165) is 39.8 Å². The van der Waals surface area contributed by atoms with Crippen LogP contribution in [-0.2, 0) is 10.8 Å². The fourth-order valence-corrected chi connectivity index (χ4v) is 12.6. The molecule has 12 aromatic rings. The van der Waals surface area contributed by atoms with Gasteiger partial charge in [0.25, 0.3) is 0 Å². The summed E-state index contributed by atoms with van der Waals surface area (Å²) in [5.74, 6) is 0.